The predicted molar refractivity (Wildman–Crippen MR) is 133 cm³/mol. The van der Waals surface area contributed by atoms with E-state index in [1.807, 2.05) is 0 Å². The minimum Gasteiger partial charge on any atom is -0.384 e. The van der Waals surface area contributed by atoms with Crippen LogP contribution in [0.1, 0.15) is 30.1 Å². The summed E-state index contributed by atoms with van der Waals surface area (Å²) in [4.78, 5) is 24.6. The molecule has 0 saturated heterocycles. The summed E-state index contributed by atoms with van der Waals surface area (Å²) < 4.78 is 38.2. The fourth-order valence-electron chi connectivity index (χ4n) is 4.78. The van der Waals surface area contributed by atoms with E-state index >= 15 is 4.39 Å². The number of rotatable bonds is 5. The number of benzene rings is 1. The Kier molecular flexibility index (Phi) is 5.73. The first-order valence-electron chi connectivity index (χ1n) is 11.3. The van der Waals surface area contributed by atoms with Crippen molar-refractivity contribution in [3.05, 3.63) is 87.6 Å². The summed E-state index contributed by atoms with van der Waals surface area (Å²) in [7, 11) is 1.52. The first-order valence-corrected chi connectivity index (χ1v) is 11.7. The largest absolute Gasteiger partial charge is 0.384 e. The van der Waals surface area contributed by atoms with E-state index in [0.717, 1.165) is 0 Å². The highest BCUT2D eigenvalue weighted by Crippen LogP contribution is 2.41. The van der Waals surface area contributed by atoms with Crippen molar-refractivity contribution in [2.75, 3.05) is 12.8 Å². The molecule has 1 aliphatic heterocycles. The lowest BCUT2D eigenvalue weighted by atomic mass is 10.0. The summed E-state index contributed by atoms with van der Waals surface area (Å²) in [5.74, 6) is -0.983. The van der Waals surface area contributed by atoms with Crippen molar-refractivity contribution in [3.63, 3.8) is 0 Å². The summed E-state index contributed by atoms with van der Waals surface area (Å²) in [6.45, 7) is 0. The number of hydrogen-bond acceptors (Lipinski definition) is 8. The average molecular weight is 538 g/mol. The second kappa shape index (κ2) is 9.11. The first kappa shape index (κ1) is 23.9. The molecule has 38 heavy (non-hydrogen) atoms. The molecule has 3 N–H and O–H groups in total. The van der Waals surface area contributed by atoms with E-state index < -0.39 is 29.5 Å². The van der Waals surface area contributed by atoms with Gasteiger partial charge < -0.3 is 15.5 Å². The van der Waals surface area contributed by atoms with Crippen LogP contribution in [0.25, 0.3) is 28.1 Å². The maximum atomic E-state index is 15.4. The fraction of sp³-hybridized carbons (Fsp3) is 0.167. The van der Waals surface area contributed by atoms with Gasteiger partial charge in [0.15, 0.2) is 5.82 Å². The van der Waals surface area contributed by atoms with Gasteiger partial charge in [-0.15, -0.1) is 5.10 Å². The zero-order valence-corrected chi connectivity index (χ0v) is 20.4. The van der Waals surface area contributed by atoms with Crippen molar-refractivity contribution in [3.8, 4) is 28.1 Å². The van der Waals surface area contributed by atoms with E-state index in [9.17, 15) is 9.18 Å². The van der Waals surface area contributed by atoms with Crippen LogP contribution in [0.2, 0.25) is 5.02 Å². The molecule has 1 aliphatic rings. The third kappa shape index (κ3) is 3.83. The van der Waals surface area contributed by atoms with Gasteiger partial charge in [0.2, 0.25) is 5.95 Å². The summed E-state index contributed by atoms with van der Waals surface area (Å²) in [6.07, 6.45) is 2.64. The van der Waals surface area contributed by atoms with Gasteiger partial charge in [0, 0.05) is 25.2 Å². The summed E-state index contributed by atoms with van der Waals surface area (Å²) in [6, 6.07) is 8.37. The quantitative estimate of drug-likeness (QED) is 0.324. The van der Waals surface area contributed by atoms with Gasteiger partial charge in [-0.1, -0.05) is 11.6 Å². The Morgan fingerprint density at radius 2 is 2.05 bits per heavy atom. The van der Waals surface area contributed by atoms with Crippen LogP contribution in [0, 0.1) is 11.8 Å². The summed E-state index contributed by atoms with van der Waals surface area (Å²) >= 11 is 6.09. The van der Waals surface area contributed by atoms with Gasteiger partial charge in [-0.05, 0) is 46.3 Å². The number of pyridine rings is 2. The molecule has 1 aromatic carbocycles. The number of halogens is 3. The Morgan fingerprint density at radius 3 is 2.79 bits per heavy atom. The van der Waals surface area contributed by atoms with Crippen molar-refractivity contribution < 1.29 is 13.5 Å². The highest BCUT2D eigenvalue weighted by Gasteiger charge is 2.35. The standard InChI is InChI=1S/C24H18ClF2N9O2/c1-38-18-8-17(24-29-9-14(31-24)12-2-5-19(28)32-23(12)27)36-16(18)6-11(7-20(36)37)21-15(35-10-30-33-34-35)4-3-13(25)22(21)26/h2-7,9-10,17-18H,8H2,1H3,(H2,28,32)(H,29,31)/t17-,18+/m1/s1. The third-order valence-corrected chi connectivity index (χ3v) is 6.78. The molecule has 0 unspecified atom stereocenters. The topological polar surface area (TPSA) is 142 Å². The maximum Gasteiger partial charge on any atom is 0.252 e. The fourth-order valence-corrected chi connectivity index (χ4v) is 4.93. The number of H-pyrrole nitrogens is 1. The lowest BCUT2D eigenvalue weighted by molar-refractivity contribution is 0.102. The van der Waals surface area contributed by atoms with E-state index in [1.165, 1.54) is 53.1 Å². The van der Waals surface area contributed by atoms with Gasteiger partial charge in [-0.3, -0.25) is 9.36 Å². The van der Waals surface area contributed by atoms with Crippen molar-refractivity contribution in [1.82, 2.24) is 39.7 Å². The number of anilines is 1. The van der Waals surface area contributed by atoms with Gasteiger partial charge in [0.1, 0.15) is 18.0 Å². The van der Waals surface area contributed by atoms with Crippen LogP contribution in [0.15, 0.2) is 53.7 Å². The van der Waals surface area contributed by atoms with Gasteiger partial charge in [0.05, 0.1) is 46.0 Å². The Morgan fingerprint density at radius 1 is 1.21 bits per heavy atom. The molecule has 0 saturated carbocycles. The molecule has 0 bridgehead atoms. The van der Waals surface area contributed by atoms with E-state index in [2.05, 4.69) is 30.5 Å². The van der Waals surface area contributed by atoms with Crippen molar-refractivity contribution in [2.24, 2.45) is 0 Å². The van der Waals surface area contributed by atoms with E-state index in [4.69, 9.17) is 22.1 Å². The molecule has 4 aromatic heterocycles. The highest BCUT2D eigenvalue weighted by atomic mass is 35.5. The number of tetrazole rings is 1. The average Bonchev–Trinajstić information content (AvgIpc) is 3.65. The second-order valence-corrected chi connectivity index (χ2v) is 9.03. The predicted octanol–water partition coefficient (Wildman–Crippen LogP) is 3.47. The minimum absolute atomic E-state index is 0.0559. The van der Waals surface area contributed by atoms with Gasteiger partial charge >= 0.3 is 0 Å². The molecule has 14 heteroatoms. The van der Waals surface area contributed by atoms with Gasteiger partial charge in [-0.2, -0.15) is 9.07 Å². The van der Waals surface area contributed by atoms with Crippen LogP contribution >= 0.6 is 11.6 Å². The molecular weight excluding hydrogens is 520 g/mol. The highest BCUT2D eigenvalue weighted by molar-refractivity contribution is 6.31. The SMILES string of the molecule is CO[C@H]1C[C@H](c2ncc(-c3ccc(N)nc3F)[nH]2)n2c1cc(-c1c(-n3cnnn3)ccc(Cl)c1F)cc2=O. The molecule has 11 nitrogen and oxygen atoms in total. The number of imidazole rings is 1. The van der Waals surface area contributed by atoms with E-state index in [-0.39, 0.29) is 27.5 Å². The molecule has 5 heterocycles. The van der Waals surface area contributed by atoms with Crippen LogP contribution < -0.4 is 11.3 Å². The van der Waals surface area contributed by atoms with Crippen LogP contribution in [-0.2, 0) is 4.74 Å². The molecule has 0 aliphatic carbocycles. The van der Waals surface area contributed by atoms with Gasteiger partial charge in [0.25, 0.3) is 5.56 Å². The van der Waals surface area contributed by atoms with Crippen molar-refractivity contribution in [2.45, 2.75) is 18.6 Å². The number of nitrogens with two attached hydrogens (primary N) is 1. The van der Waals surface area contributed by atoms with E-state index in [1.54, 1.807) is 12.1 Å². The number of aromatic amines is 1. The van der Waals surface area contributed by atoms with Gasteiger partial charge in [-0.25, -0.2) is 14.4 Å². The van der Waals surface area contributed by atoms with Crippen LogP contribution in [0.5, 0.6) is 0 Å². The molecule has 0 amide bonds. The number of nitrogen functional groups attached to an aromatic ring is 1. The number of methoxy groups -OCH3 is 1. The maximum absolute atomic E-state index is 15.4. The lowest BCUT2D eigenvalue weighted by Gasteiger charge is -2.16. The zero-order valence-electron chi connectivity index (χ0n) is 19.6. The minimum atomic E-state index is -0.745. The summed E-state index contributed by atoms with van der Waals surface area (Å²) in [5.41, 5.74) is 6.87. The lowest BCUT2D eigenvalue weighted by Crippen LogP contribution is -2.24. The normalized spacial score (nSPS) is 16.6. The van der Waals surface area contributed by atoms with E-state index in [0.29, 0.717) is 29.3 Å². The van der Waals surface area contributed by atoms with Crippen LogP contribution in [0.3, 0.4) is 0 Å². The monoisotopic (exact) mass is 537 g/mol. The molecule has 5 aromatic rings. The number of hydrogen-bond donors (Lipinski definition) is 2. The molecule has 0 fully saturated rings. The Labute approximate surface area is 217 Å². The number of aromatic nitrogens is 8. The molecule has 6 rings (SSSR count). The van der Waals surface area contributed by atoms with Crippen LogP contribution in [-0.4, -0.2) is 46.8 Å². The van der Waals surface area contributed by atoms with Crippen LogP contribution in [0.4, 0.5) is 14.6 Å². The summed E-state index contributed by atoms with van der Waals surface area (Å²) in [5, 5.41) is 10.9. The molecule has 0 radical (unpaired) electrons. The number of ether oxygens (including phenoxy) is 1. The molecular formula is C24H18ClF2N9O2. The van der Waals surface area contributed by atoms with Crippen molar-refractivity contribution in [1.29, 1.82) is 0 Å². The second-order valence-electron chi connectivity index (χ2n) is 8.62. The Bertz CT molecular complexity index is 1740. The molecule has 2 atom stereocenters. The number of fused-ring (bicyclic) bond motifs is 1. The molecule has 192 valence electrons. The Balaban J connectivity index is 1.46. The number of nitrogens with one attached hydrogen (secondary N) is 1. The first-order chi connectivity index (χ1) is 18.4. The third-order valence-electron chi connectivity index (χ3n) is 6.49. The zero-order chi connectivity index (χ0) is 26.6. The van der Waals surface area contributed by atoms with Crippen molar-refractivity contribution >= 4 is 17.4 Å². The number of nitrogens with zero attached hydrogens (tertiary/aromatic N) is 7. The molecule has 0 spiro atoms. The Hall–Kier alpha value is -4.49. The smallest absolute Gasteiger partial charge is 0.252 e.